The number of hydrogen-bond acceptors (Lipinski definition) is 5. The monoisotopic (exact) mass is 390 g/mol. The Hall–Kier alpha value is -2.41. The molecule has 0 atom stereocenters. The summed E-state index contributed by atoms with van der Waals surface area (Å²) in [5.74, 6) is -0.375. The Bertz CT molecular complexity index is 821. The van der Waals surface area contributed by atoms with Gasteiger partial charge in [0.2, 0.25) is 10.0 Å². The molecule has 0 fully saturated rings. The van der Waals surface area contributed by atoms with E-state index in [0.29, 0.717) is 23.4 Å². The standard InChI is InChI=1S/C20H26N2O4S/c1-3-4-5-9-14-27(24,25)22(19-10-7-6-8-11-19)16-18-13-12-17(15-21-18)20(23)26-2/h6-8,10-13,15H,3-5,9,14,16H2,1-2H3. The maximum Gasteiger partial charge on any atom is 0.339 e. The van der Waals surface area contributed by atoms with Gasteiger partial charge in [-0.05, 0) is 30.7 Å². The molecule has 1 heterocycles. The lowest BCUT2D eigenvalue weighted by Crippen LogP contribution is -2.33. The summed E-state index contributed by atoms with van der Waals surface area (Å²) in [6.07, 6.45) is 5.01. The van der Waals surface area contributed by atoms with Crippen LogP contribution >= 0.6 is 0 Å². The number of anilines is 1. The lowest BCUT2D eigenvalue weighted by atomic mass is 10.2. The van der Waals surface area contributed by atoms with Crippen LogP contribution in [0.5, 0.6) is 0 Å². The maximum atomic E-state index is 12.9. The van der Waals surface area contributed by atoms with E-state index in [2.05, 4.69) is 16.6 Å². The van der Waals surface area contributed by atoms with Crippen molar-refractivity contribution in [2.45, 2.75) is 39.2 Å². The second-order valence-electron chi connectivity index (χ2n) is 6.25. The largest absolute Gasteiger partial charge is 0.465 e. The molecule has 2 rings (SSSR count). The summed E-state index contributed by atoms with van der Waals surface area (Å²) in [7, 11) is -2.18. The van der Waals surface area contributed by atoms with Crippen LogP contribution in [0.4, 0.5) is 5.69 Å². The Balaban J connectivity index is 2.22. The Labute approximate surface area is 161 Å². The van der Waals surface area contributed by atoms with E-state index in [4.69, 9.17) is 0 Å². The lowest BCUT2D eigenvalue weighted by molar-refractivity contribution is 0.0600. The smallest absolute Gasteiger partial charge is 0.339 e. The topological polar surface area (TPSA) is 76.6 Å². The average molecular weight is 391 g/mol. The minimum atomic E-state index is -3.48. The van der Waals surface area contributed by atoms with Crippen molar-refractivity contribution >= 4 is 21.7 Å². The first kappa shape index (κ1) is 20.9. The van der Waals surface area contributed by atoms with Gasteiger partial charge in [-0.3, -0.25) is 9.29 Å². The number of rotatable bonds is 10. The highest BCUT2D eigenvalue weighted by atomic mass is 32.2. The molecule has 0 aliphatic rings. The summed E-state index contributed by atoms with van der Waals surface area (Å²) in [6, 6.07) is 12.2. The number of methoxy groups -OCH3 is 1. The molecule has 0 saturated heterocycles. The first-order valence-corrected chi connectivity index (χ1v) is 10.7. The van der Waals surface area contributed by atoms with Crippen molar-refractivity contribution in [3.05, 3.63) is 59.9 Å². The predicted molar refractivity (Wildman–Crippen MR) is 106 cm³/mol. The molecule has 0 bridgehead atoms. The molecule has 0 radical (unpaired) electrons. The minimum Gasteiger partial charge on any atom is -0.465 e. The van der Waals surface area contributed by atoms with Gasteiger partial charge in [0.15, 0.2) is 0 Å². The molecule has 0 spiro atoms. The van der Waals surface area contributed by atoms with Crippen LogP contribution < -0.4 is 4.31 Å². The number of esters is 1. The van der Waals surface area contributed by atoms with Crippen LogP contribution in [-0.4, -0.2) is 32.2 Å². The first-order chi connectivity index (χ1) is 13.0. The number of hydrogen-bond donors (Lipinski definition) is 0. The summed E-state index contributed by atoms with van der Waals surface area (Å²) in [6.45, 7) is 2.20. The number of unbranched alkanes of at least 4 members (excludes halogenated alkanes) is 3. The summed E-state index contributed by atoms with van der Waals surface area (Å²) < 4.78 is 31.9. The number of benzene rings is 1. The van der Waals surface area contributed by atoms with Gasteiger partial charge in [0.05, 0.1) is 36.4 Å². The summed E-state index contributed by atoms with van der Waals surface area (Å²) >= 11 is 0. The number of ether oxygens (including phenoxy) is 1. The third kappa shape index (κ3) is 6.06. The lowest BCUT2D eigenvalue weighted by Gasteiger charge is -2.24. The van der Waals surface area contributed by atoms with Crippen molar-refractivity contribution < 1.29 is 17.9 Å². The molecule has 2 aromatic rings. The number of nitrogens with zero attached hydrogens (tertiary/aromatic N) is 2. The van der Waals surface area contributed by atoms with Crippen LogP contribution in [-0.2, 0) is 21.3 Å². The second-order valence-corrected chi connectivity index (χ2v) is 8.26. The fourth-order valence-corrected chi connectivity index (χ4v) is 4.23. The van der Waals surface area contributed by atoms with Crippen molar-refractivity contribution in [2.24, 2.45) is 0 Å². The number of carbonyl (C=O) groups excluding carboxylic acids is 1. The van der Waals surface area contributed by atoms with E-state index in [1.54, 1.807) is 24.3 Å². The number of carbonyl (C=O) groups is 1. The van der Waals surface area contributed by atoms with Gasteiger partial charge in [0.1, 0.15) is 0 Å². The number of pyridine rings is 1. The van der Waals surface area contributed by atoms with E-state index >= 15 is 0 Å². The first-order valence-electron chi connectivity index (χ1n) is 9.06. The molecule has 0 saturated carbocycles. The molecular formula is C20H26N2O4S. The Morgan fingerprint density at radius 3 is 2.41 bits per heavy atom. The van der Waals surface area contributed by atoms with Crippen molar-refractivity contribution in [2.75, 3.05) is 17.2 Å². The third-order valence-electron chi connectivity index (χ3n) is 4.19. The van der Waals surface area contributed by atoms with E-state index in [0.717, 1.165) is 19.3 Å². The summed E-state index contributed by atoms with van der Waals surface area (Å²) in [4.78, 5) is 15.8. The SMILES string of the molecule is CCCCCCS(=O)(=O)N(Cc1ccc(C(=O)OC)cn1)c1ccccc1. The van der Waals surface area contributed by atoms with Crippen LogP contribution in [0.15, 0.2) is 48.7 Å². The van der Waals surface area contributed by atoms with Gasteiger partial charge in [-0.1, -0.05) is 44.4 Å². The van der Waals surface area contributed by atoms with E-state index in [-0.39, 0.29) is 12.3 Å². The van der Waals surface area contributed by atoms with Crippen LogP contribution in [0, 0.1) is 0 Å². The van der Waals surface area contributed by atoms with Crippen molar-refractivity contribution in [1.29, 1.82) is 0 Å². The van der Waals surface area contributed by atoms with Crippen LogP contribution in [0.2, 0.25) is 0 Å². The summed E-state index contributed by atoms with van der Waals surface area (Å²) in [5, 5.41) is 0. The Morgan fingerprint density at radius 2 is 1.81 bits per heavy atom. The van der Waals surface area contributed by atoms with Gasteiger partial charge in [-0.2, -0.15) is 0 Å². The Kier molecular flexibility index (Phi) is 7.79. The van der Waals surface area contributed by atoms with E-state index in [9.17, 15) is 13.2 Å². The molecule has 146 valence electrons. The highest BCUT2D eigenvalue weighted by Crippen LogP contribution is 2.21. The zero-order chi connectivity index (χ0) is 19.7. The molecule has 27 heavy (non-hydrogen) atoms. The molecule has 0 aliphatic carbocycles. The van der Waals surface area contributed by atoms with Gasteiger partial charge in [-0.25, -0.2) is 13.2 Å². The molecule has 1 aromatic heterocycles. The minimum absolute atomic E-state index is 0.0993. The normalized spacial score (nSPS) is 11.2. The zero-order valence-corrected chi connectivity index (χ0v) is 16.6. The second kappa shape index (κ2) is 10.1. The number of para-hydroxylation sites is 1. The van der Waals surface area contributed by atoms with Gasteiger partial charge in [0.25, 0.3) is 0 Å². The zero-order valence-electron chi connectivity index (χ0n) is 15.8. The van der Waals surface area contributed by atoms with Crippen LogP contribution in [0.3, 0.4) is 0 Å². The van der Waals surface area contributed by atoms with E-state index < -0.39 is 16.0 Å². The molecule has 6 nitrogen and oxygen atoms in total. The summed E-state index contributed by atoms with van der Waals surface area (Å²) in [5.41, 5.74) is 1.49. The van der Waals surface area contributed by atoms with Crippen molar-refractivity contribution in [3.8, 4) is 0 Å². The fourth-order valence-electron chi connectivity index (χ4n) is 2.67. The van der Waals surface area contributed by atoms with Gasteiger partial charge >= 0.3 is 5.97 Å². The highest BCUT2D eigenvalue weighted by Gasteiger charge is 2.23. The van der Waals surface area contributed by atoms with Crippen LogP contribution in [0.1, 0.15) is 48.7 Å². The molecule has 0 aliphatic heterocycles. The molecular weight excluding hydrogens is 364 g/mol. The predicted octanol–water partition coefficient (Wildman–Crippen LogP) is 3.78. The fraction of sp³-hybridized carbons (Fsp3) is 0.400. The Morgan fingerprint density at radius 1 is 1.07 bits per heavy atom. The quantitative estimate of drug-likeness (QED) is 0.456. The number of sulfonamides is 1. The van der Waals surface area contributed by atoms with Gasteiger partial charge in [0, 0.05) is 6.20 Å². The van der Waals surface area contributed by atoms with E-state index in [1.165, 1.54) is 17.6 Å². The van der Waals surface area contributed by atoms with Gasteiger partial charge in [-0.15, -0.1) is 0 Å². The van der Waals surface area contributed by atoms with Crippen LogP contribution in [0.25, 0.3) is 0 Å². The van der Waals surface area contributed by atoms with E-state index in [1.807, 2.05) is 18.2 Å². The molecule has 0 N–H and O–H groups in total. The third-order valence-corrected chi connectivity index (χ3v) is 6.00. The molecule has 0 amide bonds. The maximum absolute atomic E-state index is 12.9. The number of aromatic nitrogens is 1. The van der Waals surface area contributed by atoms with Crippen molar-refractivity contribution in [3.63, 3.8) is 0 Å². The molecule has 7 heteroatoms. The average Bonchev–Trinajstić information content (AvgIpc) is 2.70. The molecule has 0 unspecified atom stereocenters. The van der Waals surface area contributed by atoms with Crippen molar-refractivity contribution in [1.82, 2.24) is 4.98 Å². The highest BCUT2D eigenvalue weighted by molar-refractivity contribution is 7.92. The molecule has 1 aromatic carbocycles. The van der Waals surface area contributed by atoms with Gasteiger partial charge < -0.3 is 4.74 Å².